The molecule has 0 heterocycles. The Balaban J connectivity index is 1.88. The van der Waals surface area contributed by atoms with Crippen LogP contribution >= 0.6 is 0 Å². The fourth-order valence-electron chi connectivity index (χ4n) is 3.33. The molecule has 0 aliphatic rings. The van der Waals surface area contributed by atoms with Gasteiger partial charge in [0.2, 0.25) is 0 Å². The number of anilines is 2. The number of halogens is 1. The van der Waals surface area contributed by atoms with Crippen LogP contribution in [0.25, 0.3) is 0 Å². The first-order valence-electron chi connectivity index (χ1n) is 9.05. The van der Waals surface area contributed by atoms with Gasteiger partial charge in [0.25, 0.3) is 0 Å². The molecule has 3 unspecified atom stereocenters. The summed E-state index contributed by atoms with van der Waals surface area (Å²) in [5.41, 5.74) is 3.14. The fourth-order valence-corrected chi connectivity index (χ4v) is 3.98. The third-order valence-electron chi connectivity index (χ3n) is 4.59. The van der Waals surface area contributed by atoms with Crippen LogP contribution in [0.2, 0.25) is 0 Å². The first kappa shape index (κ1) is 22.1. The minimum atomic E-state index is -2.62. The van der Waals surface area contributed by atoms with Gasteiger partial charge in [-0.3, -0.25) is 8.42 Å². The van der Waals surface area contributed by atoms with Gasteiger partial charge in [-0.1, -0.05) is 48.5 Å². The first-order valence-corrected chi connectivity index (χ1v) is 11.2. The zero-order valence-electron chi connectivity index (χ0n) is 15.7. The van der Waals surface area contributed by atoms with Crippen LogP contribution in [0.1, 0.15) is 22.6 Å². The van der Waals surface area contributed by atoms with Crippen molar-refractivity contribution in [3.63, 3.8) is 0 Å². The van der Waals surface area contributed by atoms with Gasteiger partial charge in [-0.2, -0.15) is 0 Å². The minimum Gasteiger partial charge on any atom is -0.755 e. The summed E-state index contributed by atoms with van der Waals surface area (Å²) in [5.74, 6) is -0.640. The second-order valence-corrected chi connectivity index (χ2v) is 8.05. The van der Waals surface area contributed by atoms with Crippen molar-refractivity contribution in [3.05, 3.63) is 95.3 Å². The Morgan fingerprint density at radius 1 is 0.800 bits per heavy atom. The molecule has 0 amide bonds. The number of hydrogen-bond acceptors (Lipinski definition) is 4. The summed E-state index contributed by atoms with van der Waals surface area (Å²) in [6, 6.07) is 21.2. The summed E-state index contributed by atoms with van der Waals surface area (Å²) in [6.45, 7) is 0. The summed E-state index contributed by atoms with van der Waals surface area (Å²) in [7, 11) is 0. The molecule has 0 spiro atoms. The Morgan fingerprint density at radius 3 is 2.13 bits per heavy atom. The lowest BCUT2D eigenvalue weighted by atomic mass is 9.86. The highest BCUT2D eigenvalue weighted by Gasteiger charge is 2.15. The predicted octanol–water partition coefficient (Wildman–Crippen LogP) is 3.81. The van der Waals surface area contributed by atoms with Gasteiger partial charge in [-0.15, -0.1) is 0 Å². The predicted molar refractivity (Wildman–Crippen MR) is 115 cm³/mol. The molecule has 0 aliphatic heterocycles. The van der Waals surface area contributed by atoms with Crippen LogP contribution in [0.4, 0.5) is 15.8 Å². The van der Waals surface area contributed by atoms with Crippen LogP contribution in [-0.4, -0.2) is 17.5 Å². The zero-order chi connectivity index (χ0) is 21.5. The Kier molecular flexibility index (Phi) is 7.69. The summed E-state index contributed by atoms with van der Waals surface area (Å²) in [6.07, 6.45) is 1.15. The van der Waals surface area contributed by atoms with Crippen LogP contribution in [0.15, 0.2) is 72.8 Å². The molecule has 158 valence electrons. The molecule has 3 atom stereocenters. The standard InChI is InChI=1S/C21H21FN2O4S2/c22-20-10-9-16(14-21(20)24-30(27)28)12-18(17-6-2-1-3-7-17)11-15-5-4-8-19(13-15)23-29(25)26/h1-10,13-14,18,23-24H,11-12H2,(H,25,26)(H,27,28)/p-2. The summed E-state index contributed by atoms with van der Waals surface area (Å²) >= 11 is -5.03. The molecule has 0 saturated heterocycles. The van der Waals surface area contributed by atoms with Crippen molar-refractivity contribution in [1.29, 1.82) is 0 Å². The van der Waals surface area contributed by atoms with E-state index in [0.29, 0.717) is 18.5 Å². The van der Waals surface area contributed by atoms with E-state index in [2.05, 4.69) is 9.44 Å². The van der Waals surface area contributed by atoms with E-state index < -0.39 is 28.4 Å². The SMILES string of the molecule is O=S([O-])Nc1cccc(CC(Cc2ccc(F)c(NS(=O)[O-])c2)c2ccccc2)c1. The first-order chi connectivity index (χ1) is 14.4. The van der Waals surface area contributed by atoms with Crippen LogP contribution in [0, 0.1) is 5.82 Å². The quantitative estimate of drug-likeness (QED) is 0.488. The van der Waals surface area contributed by atoms with Gasteiger partial charge < -0.3 is 18.5 Å². The van der Waals surface area contributed by atoms with Crippen molar-refractivity contribution in [2.24, 2.45) is 0 Å². The smallest absolute Gasteiger partial charge is 0.147 e. The van der Waals surface area contributed by atoms with E-state index in [9.17, 15) is 21.9 Å². The number of hydrogen-bond donors (Lipinski definition) is 2. The van der Waals surface area contributed by atoms with Crippen molar-refractivity contribution in [2.45, 2.75) is 18.8 Å². The summed E-state index contributed by atoms with van der Waals surface area (Å²) < 4.78 is 61.9. The normalized spacial score (nSPS) is 14.0. The lowest BCUT2D eigenvalue weighted by molar-refractivity contribution is 0.540. The van der Waals surface area contributed by atoms with E-state index in [1.54, 1.807) is 24.3 Å². The van der Waals surface area contributed by atoms with Gasteiger partial charge in [-0.05, 0) is 59.7 Å². The third kappa shape index (κ3) is 6.46. The molecule has 0 saturated carbocycles. The lowest BCUT2D eigenvalue weighted by Gasteiger charge is -2.20. The number of nitrogens with one attached hydrogen (secondary N) is 2. The maximum Gasteiger partial charge on any atom is 0.147 e. The van der Waals surface area contributed by atoms with Crippen molar-refractivity contribution in [3.8, 4) is 0 Å². The van der Waals surface area contributed by atoms with Crippen LogP contribution in [0.3, 0.4) is 0 Å². The van der Waals surface area contributed by atoms with Gasteiger partial charge in [0, 0.05) is 28.2 Å². The molecule has 3 aromatic rings. The summed E-state index contributed by atoms with van der Waals surface area (Å²) in [5, 5.41) is 0. The van der Waals surface area contributed by atoms with Gasteiger partial charge >= 0.3 is 0 Å². The van der Waals surface area contributed by atoms with Crippen LogP contribution < -0.4 is 9.44 Å². The molecule has 0 aliphatic carbocycles. The van der Waals surface area contributed by atoms with E-state index >= 15 is 0 Å². The van der Waals surface area contributed by atoms with E-state index in [-0.39, 0.29) is 11.6 Å². The fraction of sp³-hybridized carbons (Fsp3) is 0.143. The largest absolute Gasteiger partial charge is 0.755 e. The third-order valence-corrected chi connectivity index (χ3v) is 5.38. The molecule has 6 nitrogen and oxygen atoms in total. The van der Waals surface area contributed by atoms with Crippen molar-refractivity contribution in [2.75, 3.05) is 9.44 Å². The Bertz CT molecular complexity index is 1050. The highest BCUT2D eigenvalue weighted by atomic mass is 32.2. The van der Waals surface area contributed by atoms with Gasteiger partial charge in [0.05, 0.1) is 5.69 Å². The van der Waals surface area contributed by atoms with Gasteiger partial charge in [-0.25, -0.2) is 4.39 Å². The van der Waals surface area contributed by atoms with Gasteiger partial charge in [0.15, 0.2) is 0 Å². The molecule has 0 aromatic heterocycles. The topological polar surface area (TPSA) is 104 Å². The monoisotopic (exact) mass is 446 g/mol. The molecule has 3 aromatic carbocycles. The van der Waals surface area contributed by atoms with Crippen molar-refractivity contribution < 1.29 is 21.9 Å². The molecule has 9 heteroatoms. The minimum absolute atomic E-state index is 0.00950. The second-order valence-electron chi connectivity index (χ2n) is 6.70. The van der Waals surface area contributed by atoms with Gasteiger partial charge in [0.1, 0.15) is 5.82 Å². The molecular formula is C21H19FN2O4S2-2. The van der Waals surface area contributed by atoms with E-state index in [4.69, 9.17) is 0 Å². The van der Waals surface area contributed by atoms with Crippen LogP contribution in [0.5, 0.6) is 0 Å². The lowest BCUT2D eigenvalue weighted by Crippen LogP contribution is -2.09. The second kappa shape index (κ2) is 10.4. The summed E-state index contributed by atoms with van der Waals surface area (Å²) in [4.78, 5) is 0. The van der Waals surface area contributed by atoms with E-state index in [0.717, 1.165) is 16.7 Å². The molecule has 30 heavy (non-hydrogen) atoms. The molecule has 0 bridgehead atoms. The molecule has 2 N–H and O–H groups in total. The average Bonchev–Trinajstić information content (AvgIpc) is 2.70. The Hall–Kier alpha value is -2.59. The Labute approximate surface area is 179 Å². The number of benzene rings is 3. The molecule has 0 radical (unpaired) electrons. The molecular weight excluding hydrogens is 427 g/mol. The molecule has 3 rings (SSSR count). The van der Waals surface area contributed by atoms with Crippen molar-refractivity contribution >= 4 is 33.9 Å². The van der Waals surface area contributed by atoms with Crippen LogP contribution in [-0.2, 0) is 35.4 Å². The average molecular weight is 447 g/mol. The zero-order valence-corrected chi connectivity index (χ0v) is 17.4. The Morgan fingerprint density at radius 2 is 1.47 bits per heavy atom. The highest BCUT2D eigenvalue weighted by molar-refractivity contribution is 7.80. The van der Waals surface area contributed by atoms with Crippen molar-refractivity contribution in [1.82, 2.24) is 0 Å². The van der Waals surface area contributed by atoms with E-state index in [1.807, 2.05) is 36.4 Å². The molecule has 0 fully saturated rings. The van der Waals surface area contributed by atoms with E-state index in [1.165, 1.54) is 12.1 Å². The number of rotatable bonds is 9. The highest BCUT2D eigenvalue weighted by Crippen LogP contribution is 2.28. The maximum absolute atomic E-state index is 13.9. The maximum atomic E-state index is 13.9.